The lowest BCUT2D eigenvalue weighted by Crippen LogP contribution is -2.49. The minimum absolute atomic E-state index is 0.0960. The summed E-state index contributed by atoms with van der Waals surface area (Å²) in [5.74, 6) is 0.253. The Balaban J connectivity index is 1.54. The quantitative estimate of drug-likeness (QED) is 0.492. The van der Waals surface area contributed by atoms with Crippen molar-refractivity contribution in [3.63, 3.8) is 0 Å². The van der Waals surface area contributed by atoms with Gasteiger partial charge >= 0.3 is 0 Å². The zero-order valence-corrected chi connectivity index (χ0v) is 18.2. The Bertz CT molecular complexity index is 1220. The summed E-state index contributed by atoms with van der Waals surface area (Å²) in [7, 11) is 3.63. The maximum absolute atomic E-state index is 13.3. The summed E-state index contributed by atoms with van der Waals surface area (Å²) in [5, 5.41) is 2.95. The van der Waals surface area contributed by atoms with E-state index in [0.29, 0.717) is 12.2 Å². The zero-order chi connectivity index (χ0) is 22.5. The van der Waals surface area contributed by atoms with E-state index < -0.39 is 6.04 Å². The lowest BCUT2D eigenvalue weighted by molar-refractivity contribution is -0.127. The van der Waals surface area contributed by atoms with Crippen LogP contribution in [0, 0.1) is 0 Å². The summed E-state index contributed by atoms with van der Waals surface area (Å²) >= 11 is 0. The third kappa shape index (κ3) is 4.70. The van der Waals surface area contributed by atoms with Gasteiger partial charge in [-0.05, 0) is 29.8 Å². The zero-order valence-electron chi connectivity index (χ0n) is 18.2. The van der Waals surface area contributed by atoms with E-state index >= 15 is 0 Å². The van der Waals surface area contributed by atoms with E-state index in [4.69, 9.17) is 0 Å². The first-order valence-corrected chi connectivity index (χ1v) is 10.6. The van der Waals surface area contributed by atoms with Crippen LogP contribution >= 0.6 is 0 Å². The van der Waals surface area contributed by atoms with Gasteiger partial charge in [-0.25, -0.2) is 4.98 Å². The molecule has 0 aliphatic carbocycles. The number of para-hydroxylation sites is 3. The van der Waals surface area contributed by atoms with Gasteiger partial charge in [-0.15, -0.1) is 0 Å². The lowest BCUT2D eigenvalue weighted by atomic mass is 10.0. The number of anilines is 1. The summed E-state index contributed by atoms with van der Waals surface area (Å²) in [5.41, 5.74) is 3.57. The molecule has 4 aromatic rings. The van der Waals surface area contributed by atoms with Crippen LogP contribution in [0.1, 0.15) is 11.4 Å². The number of hydrogen-bond acceptors (Lipinski definition) is 3. The standard InChI is InChI=1S/C26H26N4O2/c1-29(20-13-7-4-8-14-20)26(32)22(17-19-11-5-3-6-12-19)28-25(31)18-24-27-21-15-9-10-16-23(21)30(24)2/h3-16,22H,17-18H2,1-2H3,(H,28,31)/t22-/m0/s1. The van der Waals surface area contributed by atoms with E-state index in [2.05, 4.69) is 10.3 Å². The average molecular weight is 427 g/mol. The van der Waals surface area contributed by atoms with Crippen molar-refractivity contribution in [2.75, 3.05) is 11.9 Å². The molecule has 32 heavy (non-hydrogen) atoms. The molecule has 3 aromatic carbocycles. The molecule has 1 heterocycles. The van der Waals surface area contributed by atoms with Crippen LogP contribution in [0.2, 0.25) is 0 Å². The second kappa shape index (κ2) is 9.47. The topological polar surface area (TPSA) is 67.2 Å². The summed E-state index contributed by atoms with van der Waals surface area (Å²) in [6, 6.07) is 26.2. The van der Waals surface area contributed by atoms with E-state index in [1.807, 2.05) is 96.5 Å². The van der Waals surface area contributed by atoms with Crippen molar-refractivity contribution < 1.29 is 9.59 Å². The molecule has 6 heteroatoms. The Labute approximate surface area is 187 Å². The predicted octanol–water partition coefficient (Wildman–Crippen LogP) is 3.51. The van der Waals surface area contributed by atoms with Crippen LogP contribution in [0.4, 0.5) is 5.69 Å². The molecule has 0 saturated carbocycles. The number of benzene rings is 3. The van der Waals surface area contributed by atoms with E-state index in [9.17, 15) is 9.59 Å². The van der Waals surface area contributed by atoms with Gasteiger partial charge in [-0.2, -0.15) is 0 Å². The highest BCUT2D eigenvalue weighted by Gasteiger charge is 2.26. The van der Waals surface area contributed by atoms with E-state index in [1.165, 1.54) is 0 Å². The fourth-order valence-corrected chi connectivity index (χ4v) is 3.80. The van der Waals surface area contributed by atoms with Crippen LogP contribution in [0.5, 0.6) is 0 Å². The molecule has 0 spiro atoms. The van der Waals surface area contributed by atoms with Crippen LogP contribution in [-0.4, -0.2) is 34.5 Å². The largest absolute Gasteiger partial charge is 0.344 e. The van der Waals surface area contributed by atoms with E-state index in [0.717, 1.165) is 22.3 Å². The number of aromatic nitrogens is 2. The number of aryl methyl sites for hydroxylation is 1. The summed E-state index contributed by atoms with van der Waals surface area (Å²) < 4.78 is 1.92. The molecule has 2 amide bonds. The number of carbonyl (C=O) groups is 2. The fourth-order valence-electron chi connectivity index (χ4n) is 3.80. The summed E-state index contributed by atoms with van der Waals surface area (Å²) in [6.07, 6.45) is 0.504. The van der Waals surface area contributed by atoms with Gasteiger partial charge < -0.3 is 14.8 Å². The molecule has 162 valence electrons. The highest BCUT2D eigenvalue weighted by molar-refractivity contribution is 5.99. The van der Waals surface area contributed by atoms with Crippen LogP contribution in [0.3, 0.4) is 0 Å². The van der Waals surface area contributed by atoms with Crippen LogP contribution in [-0.2, 0) is 29.5 Å². The number of hydrogen-bond donors (Lipinski definition) is 1. The van der Waals surface area contributed by atoms with Gasteiger partial charge in [-0.3, -0.25) is 9.59 Å². The molecular weight excluding hydrogens is 400 g/mol. The molecule has 0 aliphatic rings. The second-order valence-corrected chi connectivity index (χ2v) is 7.80. The third-order valence-electron chi connectivity index (χ3n) is 5.59. The maximum Gasteiger partial charge on any atom is 0.249 e. The van der Waals surface area contributed by atoms with Gasteiger partial charge in [0.25, 0.3) is 0 Å². The minimum atomic E-state index is -0.690. The van der Waals surface area contributed by atoms with Crippen molar-refractivity contribution in [2.24, 2.45) is 7.05 Å². The molecule has 0 fully saturated rings. The first-order chi connectivity index (χ1) is 15.5. The molecular formula is C26H26N4O2. The smallest absolute Gasteiger partial charge is 0.249 e. The number of rotatable bonds is 7. The highest BCUT2D eigenvalue weighted by atomic mass is 16.2. The number of carbonyl (C=O) groups excluding carboxylic acids is 2. The van der Waals surface area contributed by atoms with E-state index in [1.54, 1.807) is 11.9 Å². The van der Waals surface area contributed by atoms with Crippen molar-refractivity contribution in [3.8, 4) is 0 Å². The first kappa shape index (κ1) is 21.3. The van der Waals surface area contributed by atoms with Gasteiger partial charge in [0.2, 0.25) is 11.8 Å². The van der Waals surface area contributed by atoms with Crippen molar-refractivity contribution in [3.05, 3.63) is 96.3 Å². The van der Waals surface area contributed by atoms with E-state index in [-0.39, 0.29) is 18.2 Å². The number of imidazole rings is 1. The molecule has 0 bridgehead atoms. The molecule has 0 unspecified atom stereocenters. The van der Waals surface area contributed by atoms with Gasteiger partial charge in [0.05, 0.1) is 17.5 Å². The number of amides is 2. The normalized spacial score (nSPS) is 11.8. The number of likely N-dealkylation sites (N-methyl/N-ethyl adjacent to an activating group) is 1. The molecule has 0 saturated heterocycles. The van der Waals surface area contributed by atoms with Gasteiger partial charge in [-0.1, -0.05) is 60.7 Å². The molecule has 0 radical (unpaired) electrons. The highest BCUT2D eigenvalue weighted by Crippen LogP contribution is 2.16. The predicted molar refractivity (Wildman–Crippen MR) is 126 cm³/mol. The van der Waals surface area contributed by atoms with Crippen LogP contribution in [0.15, 0.2) is 84.9 Å². The van der Waals surface area contributed by atoms with Crippen molar-refractivity contribution in [1.82, 2.24) is 14.9 Å². The Morgan fingerprint density at radius 1 is 0.938 bits per heavy atom. The van der Waals surface area contributed by atoms with Gasteiger partial charge in [0, 0.05) is 26.2 Å². The molecule has 1 atom stereocenters. The number of nitrogens with one attached hydrogen (secondary N) is 1. The number of fused-ring (bicyclic) bond motifs is 1. The molecule has 6 nitrogen and oxygen atoms in total. The van der Waals surface area contributed by atoms with Crippen LogP contribution < -0.4 is 10.2 Å². The van der Waals surface area contributed by atoms with Crippen molar-refractivity contribution in [2.45, 2.75) is 18.9 Å². The van der Waals surface area contributed by atoms with Crippen molar-refractivity contribution in [1.29, 1.82) is 0 Å². The molecule has 1 N–H and O–H groups in total. The minimum Gasteiger partial charge on any atom is -0.344 e. The third-order valence-corrected chi connectivity index (χ3v) is 5.59. The Morgan fingerprint density at radius 2 is 1.56 bits per heavy atom. The second-order valence-electron chi connectivity index (χ2n) is 7.80. The average Bonchev–Trinajstić information content (AvgIpc) is 3.14. The summed E-state index contributed by atoms with van der Waals surface area (Å²) in [6.45, 7) is 0. The van der Waals surface area contributed by atoms with Gasteiger partial charge in [0.15, 0.2) is 0 Å². The number of nitrogens with zero attached hydrogens (tertiary/aromatic N) is 3. The fraction of sp³-hybridized carbons (Fsp3) is 0.192. The van der Waals surface area contributed by atoms with Crippen LogP contribution in [0.25, 0.3) is 11.0 Å². The maximum atomic E-state index is 13.3. The SMILES string of the molecule is CN(C(=O)[C@H](Cc1ccccc1)NC(=O)Cc1nc2ccccc2n1C)c1ccccc1. The molecule has 4 rings (SSSR count). The summed E-state index contributed by atoms with van der Waals surface area (Å²) in [4.78, 5) is 32.5. The Kier molecular flexibility index (Phi) is 6.31. The van der Waals surface area contributed by atoms with Crippen molar-refractivity contribution >= 4 is 28.5 Å². The molecule has 0 aliphatic heterocycles. The molecule has 1 aromatic heterocycles. The lowest BCUT2D eigenvalue weighted by Gasteiger charge is -2.25. The first-order valence-electron chi connectivity index (χ1n) is 10.6. The van der Waals surface area contributed by atoms with Gasteiger partial charge in [0.1, 0.15) is 11.9 Å². The Hall–Kier alpha value is -3.93. The Morgan fingerprint density at radius 3 is 2.25 bits per heavy atom. The monoisotopic (exact) mass is 426 g/mol.